The number of hydrogen-bond donors (Lipinski definition) is 2. The first-order chi connectivity index (χ1) is 10.9. The van der Waals surface area contributed by atoms with Gasteiger partial charge in [-0.15, -0.1) is 24.0 Å². The normalized spacial score (nSPS) is 15.5. The Morgan fingerprint density at radius 2 is 1.65 bits per heavy atom. The number of halogens is 1. The summed E-state index contributed by atoms with van der Waals surface area (Å²) in [7, 11) is 3.47. The van der Waals surface area contributed by atoms with Gasteiger partial charge in [0.2, 0.25) is 0 Å². The third-order valence-electron chi connectivity index (χ3n) is 3.68. The Morgan fingerprint density at radius 3 is 2.26 bits per heavy atom. The number of nitrogens with one attached hydrogen (secondary N) is 2. The fourth-order valence-electron chi connectivity index (χ4n) is 2.43. The molecule has 0 bridgehead atoms. The van der Waals surface area contributed by atoms with Gasteiger partial charge < -0.3 is 24.8 Å². The molecule has 7 heteroatoms. The molecule has 0 aromatic rings. The van der Waals surface area contributed by atoms with Crippen LogP contribution in [-0.4, -0.2) is 65.7 Å². The molecule has 1 aliphatic rings. The summed E-state index contributed by atoms with van der Waals surface area (Å²) >= 11 is 0. The van der Waals surface area contributed by atoms with Crippen molar-refractivity contribution in [2.24, 2.45) is 4.99 Å². The highest BCUT2D eigenvalue weighted by atomic mass is 127. The van der Waals surface area contributed by atoms with Crippen LogP contribution in [0.3, 0.4) is 0 Å². The van der Waals surface area contributed by atoms with Gasteiger partial charge in [0.05, 0.1) is 19.3 Å². The van der Waals surface area contributed by atoms with Crippen LogP contribution in [0.25, 0.3) is 0 Å². The largest absolute Gasteiger partial charge is 0.382 e. The molecule has 1 fully saturated rings. The smallest absolute Gasteiger partial charge is 0.190 e. The molecule has 2 N–H and O–H groups in total. The van der Waals surface area contributed by atoms with Crippen molar-refractivity contribution in [3.63, 3.8) is 0 Å². The molecular formula is C16H34IN3O3. The summed E-state index contributed by atoms with van der Waals surface area (Å²) in [4.78, 5) is 4.20. The van der Waals surface area contributed by atoms with Crippen LogP contribution in [0.2, 0.25) is 0 Å². The SMILES string of the molecule is CN=C(NCCCOCCOC)NCCCOC1CCCC1.I. The molecule has 0 atom stereocenters. The van der Waals surface area contributed by atoms with Gasteiger partial charge in [0.1, 0.15) is 0 Å². The molecule has 1 rings (SSSR count). The Bertz CT molecular complexity index is 288. The van der Waals surface area contributed by atoms with Crippen LogP contribution in [0.1, 0.15) is 38.5 Å². The molecule has 138 valence electrons. The number of hydrogen-bond acceptors (Lipinski definition) is 4. The fraction of sp³-hybridized carbons (Fsp3) is 0.938. The van der Waals surface area contributed by atoms with Gasteiger partial charge >= 0.3 is 0 Å². The second kappa shape index (κ2) is 16.7. The number of nitrogens with zero attached hydrogens (tertiary/aromatic N) is 1. The van der Waals surface area contributed by atoms with Gasteiger partial charge in [-0.25, -0.2) is 0 Å². The molecule has 0 aliphatic heterocycles. The van der Waals surface area contributed by atoms with E-state index in [0.29, 0.717) is 19.3 Å². The van der Waals surface area contributed by atoms with Crippen molar-refractivity contribution in [2.45, 2.75) is 44.6 Å². The molecular weight excluding hydrogens is 409 g/mol. The van der Waals surface area contributed by atoms with Crippen LogP contribution in [0, 0.1) is 0 Å². The van der Waals surface area contributed by atoms with Crippen LogP contribution >= 0.6 is 24.0 Å². The van der Waals surface area contributed by atoms with E-state index in [0.717, 1.165) is 45.1 Å². The maximum atomic E-state index is 5.84. The van der Waals surface area contributed by atoms with E-state index < -0.39 is 0 Å². The van der Waals surface area contributed by atoms with Crippen molar-refractivity contribution in [1.82, 2.24) is 10.6 Å². The van der Waals surface area contributed by atoms with Crippen molar-refractivity contribution in [1.29, 1.82) is 0 Å². The predicted molar refractivity (Wildman–Crippen MR) is 105 cm³/mol. The van der Waals surface area contributed by atoms with E-state index in [-0.39, 0.29) is 24.0 Å². The van der Waals surface area contributed by atoms with Crippen molar-refractivity contribution in [3.05, 3.63) is 0 Å². The van der Waals surface area contributed by atoms with Crippen molar-refractivity contribution in [2.75, 3.05) is 53.7 Å². The Hall–Kier alpha value is -0.120. The summed E-state index contributed by atoms with van der Waals surface area (Å²) in [5.41, 5.74) is 0. The van der Waals surface area contributed by atoms with E-state index >= 15 is 0 Å². The summed E-state index contributed by atoms with van der Waals surface area (Å²) in [6.07, 6.45) is 7.61. The zero-order valence-corrected chi connectivity index (χ0v) is 17.0. The first kappa shape index (κ1) is 22.9. The van der Waals surface area contributed by atoms with Crippen LogP contribution in [-0.2, 0) is 14.2 Å². The van der Waals surface area contributed by atoms with Gasteiger partial charge in [0.15, 0.2) is 5.96 Å². The second-order valence-corrected chi connectivity index (χ2v) is 5.52. The Morgan fingerprint density at radius 1 is 1.00 bits per heavy atom. The summed E-state index contributed by atoms with van der Waals surface area (Å²) in [5.74, 6) is 0.845. The van der Waals surface area contributed by atoms with E-state index in [9.17, 15) is 0 Å². The summed E-state index contributed by atoms with van der Waals surface area (Å²) in [5, 5.41) is 6.58. The van der Waals surface area contributed by atoms with Gasteiger partial charge in [0, 0.05) is 40.5 Å². The molecule has 0 aromatic carbocycles. The van der Waals surface area contributed by atoms with Gasteiger partial charge in [-0.05, 0) is 25.7 Å². The molecule has 0 heterocycles. The molecule has 0 saturated heterocycles. The highest BCUT2D eigenvalue weighted by Crippen LogP contribution is 2.20. The average molecular weight is 443 g/mol. The number of methoxy groups -OCH3 is 1. The molecule has 6 nitrogen and oxygen atoms in total. The van der Waals surface area contributed by atoms with E-state index in [2.05, 4.69) is 15.6 Å². The van der Waals surface area contributed by atoms with Crippen molar-refractivity contribution in [3.8, 4) is 0 Å². The number of guanidine groups is 1. The van der Waals surface area contributed by atoms with Crippen LogP contribution in [0.5, 0.6) is 0 Å². The van der Waals surface area contributed by atoms with Crippen LogP contribution in [0.15, 0.2) is 4.99 Å². The standard InChI is InChI=1S/C16H33N3O3.HI/c1-17-16(18-9-5-11-21-14-13-20-2)19-10-6-12-22-15-7-3-4-8-15;/h15H,3-14H2,1-2H3,(H2,17,18,19);1H. The molecule has 0 spiro atoms. The maximum Gasteiger partial charge on any atom is 0.190 e. The number of rotatable bonds is 12. The minimum absolute atomic E-state index is 0. The Kier molecular flexibility index (Phi) is 16.6. The van der Waals surface area contributed by atoms with E-state index in [1.165, 1.54) is 25.7 Å². The predicted octanol–water partition coefficient (Wildman–Crippen LogP) is 2.17. The van der Waals surface area contributed by atoms with E-state index in [4.69, 9.17) is 14.2 Å². The van der Waals surface area contributed by atoms with E-state index in [1.54, 1.807) is 14.2 Å². The third-order valence-corrected chi connectivity index (χ3v) is 3.68. The van der Waals surface area contributed by atoms with Gasteiger partial charge in [-0.3, -0.25) is 4.99 Å². The highest BCUT2D eigenvalue weighted by molar-refractivity contribution is 14.0. The van der Waals surface area contributed by atoms with Crippen molar-refractivity contribution < 1.29 is 14.2 Å². The van der Waals surface area contributed by atoms with Gasteiger partial charge in [-0.1, -0.05) is 12.8 Å². The first-order valence-electron chi connectivity index (χ1n) is 8.49. The van der Waals surface area contributed by atoms with E-state index in [1.807, 2.05) is 0 Å². The van der Waals surface area contributed by atoms with Crippen LogP contribution in [0.4, 0.5) is 0 Å². The van der Waals surface area contributed by atoms with Gasteiger partial charge in [-0.2, -0.15) is 0 Å². The first-order valence-corrected chi connectivity index (χ1v) is 8.49. The molecule has 1 aliphatic carbocycles. The molecule has 0 aromatic heterocycles. The molecule has 1 saturated carbocycles. The second-order valence-electron chi connectivity index (χ2n) is 5.52. The number of ether oxygens (including phenoxy) is 3. The molecule has 0 radical (unpaired) electrons. The summed E-state index contributed by atoms with van der Waals surface area (Å²) < 4.78 is 16.2. The van der Waals surface area contributed by atoms with Gasteiger partial charge in [0.25, 0.3) is 0 Å². The Balaban J connectivity index is 0.00000484. The zero-order valence-electron chi connectivity index (χ0n) is 14.6. The minimum Gasteiger partial charge on any atom is -0.382 e. The lowest BCUT2D eigenvalue weighted by molar-refractivity contribution is 0.0574. The molecule has 23 heavy (non-hydrogen) atoms. The maximum absolute atomic E-state index is 5.84. The fourth-order valence-corrected chi connectivity index (χ4v) is 2.43. The summed E-state index contributed by atoms with van der Waals surface area (Å²) in [6.45, 7) is 4.62. The molecule has 0 amide bonds. The number of aliphatic imine (C=N–C) groups is 1. The molecule has 0 unspecified atom stereocenters. The lowest BCUT2D eigenvalue weighted by atomic mass is 10.3. The highest BCUT2D eigenvalue weighted by Gasteiger charge is 2.14. The quantitative estimate of drug-likeness (QED) is 0.210. The monoisotopic (exact) mass is 443 g/mol. The van der Waals surface area contributed by atoms with Crippen LogP contribution < -0.4 is 10.6 Å². The Labute approximate surface area is 158 Å². The van der Waals surface area contributed by atoms with Crippen molar-refractivity contribution >= 4 is 29.9 Å². The lowest BCUT2D eigenvalue weighted by Gasteiger charge is -2.13. The zero-order chi connectivity index (χ0) is 15.9. The summed E-state index contributed by atoms with van der Waals surface area (Å²) in [6, 6.07) is 0. The minimum atomic E-state index is 0. The topological polar surface area (TPSA) is 64.1 Å². The lowest BCUT2D eigenvalue weighted by Crippen LogP contribution is -2.38. The third kappa shape index (κ3) is 12.9. The average Bonchev–Trinajstić information content (AvgIpc) is 3.05.